The first-order valence-corrected chi connectivity index (χ1v) is 6.16. The molecular formula is C14H18N2O2. The highest BCUT2D eigenvalue weighted by Crippen LogP contribution is 2.25. The van der Waals surface area contributed by atoms with Crippen LogP contribution >= 0.6 is 0 Å². The number of hydrogen-bond acceptors (Lipinski definition) is 3. The second-order valence-corrected chi connectivity index (χ2v) is 3.85. The van der Waals surface area contributed by atoms with Gasteiger partial charge < -0.3 is 14.5 Å². The van der Waals surface area contributed by atoms with Crippen molar-refractivity contribution in [2.24, 2.45) is 0 Å². The summed E-state index contributed by atoms with van der Waals surface area (Å²) >= 11 is 0. The number of H-pyrrole nitrogens is 1. The molecule has 0 amide bonds. The van der Waals surface area contributed by atoms with E-state index in [4.69, 9.17) is 9.47 Å². The molecular weight excluding hydrogens is 228 g/mol. The molecule has 1 aromatic heterocycles. The van der Waals surface area contributed by atoms with Crippen LogP contribution in [0.3, 0.4) is 0 Å². The number of rotatable bonds is 5. The molecule has 0 aliphatic carbocycles. The van der Waals surface area contributed by atoms with Crippen LogP contribution in [0.15, 0.2) is 24.3 Å². The molecule has 4 heteroatoms. The minimum absolute atomic E-state index is 0.628. The van der Waals surface area contributed by atoms with E-state index in [1.807, 2.05) is 31.2 Å². The van der Waals surface area contributed by atoms with Crippen LogP contribution in [0.25, 0.3) is 16.8 Å². The van der Waals surface area contributed by atoms with Gasteiger partial charge in [-0.2, -0.15) is 0 Å². The number of methoxy groups -OCH3 is 1. The van der Waals surface area contributed by atoms with E-state index < -0.39 is 0 Å². The van der Waals surface area contributed by atoms with E-state index in [1.165, 1.54) is 0 Å². The molecule has 0 saturated carbocycles. The van der Waals surface area contributed by atoms with E-state index in [9.17, 15) is 0 Å². The lowest BCUT2D eigenvalue weighted by Gasteiger charge is -2.02. The fourth-order valence-electron chi connectivity index (χ4n) is 1.86. The molecule has 0 atom stereocenters. The molecule has 96 valence electrons. The fraction of sp³-hybridized carbons (Fsp3) is 0.357. The summed E-state index contributed by atoms with van der Waals surface area (Å²) in [5.41, 5.74) is 1.79. The van der Waals surface area contributed by atoms with Gasteiger partial charge in [0.25, 0.3) is 0 Å². The molecule has 2 aromatic rings. The maximum absolute atomic E-state index is 5.56. The van der Waals surface area contributed by atoms with Gasteiger partial charge in [-0.3, -0.25) is 0 Å². The molecule has 0 radical (unpaired) electrons. The Labute approximate surface area is 107 Å². The normalized spacial score (nSPS) is 11.8. The van der Waals surface area contributed by atoms with Crippen LogP contribution < -0.4 is 4.74 Å². The van der Waals surface area contributed by atoms with E-state index in [0.29, 0.717) is 6.61 Å². The number of allylic oxidation sites excluding steroid dienone is 1. The van der Waals surface area contributed by atoms with Crippen LogP contribution in [0, 0.1) is 0 Å². The first kappa shape index (κ1) is 12.5. The minimum atomic E-state index is 0.628. The number of aromatic nitrogens is 2. The number of fused-ring (bicyclic) bond motifs is 1. The number of nitrogens with one attached hydrogen (secondary N) is 1. The summed E-state index contributed by atoms with van der Waals surface area (Å²) in [6, 6.07) is 5.85. The van der Waals surface area contributed by atoms with Crippen molar-refractivity contribution in [3.63, 3.8) is 0 Å². The number of para-hydroxylation sites is 1. The lowest BCUT2D eigenvalue weighted by atomic mass is 10.3. The van der Waals surface area contributed by atoms with Gasteiger partial charge in [0.15, 0.2) is 11.6 Å². The molecule has 2 rings (SSSR count). The Morgan fingerprint density at radius 3 is 2.89 bits per heavy atom. The van der Waals surface area contributed by atoms with Crippen molar-refractivity contribution in [1.82, 2.24) is 9.97 Å². The zero-order valence-electron chi connectivity index (χ0n) is 11.0. The molecule has 1 N–H and O–H groups in total. The predicted molar refractivity (Wildman–Crippen MR) is 72.5 cm³/mol. The van der Waals surface area contributed by atoms with Crippen molar-refractivity contribution in [2.75, 3.05) is 13.7 Å². The third-order valence-electron chi connectivity index (χ3n) is 2.62. The van der Waals surface area contributed by atoms with Crippen molar-refractivity contribution >= 4 is 16.8 Å². The van der Waals surface area contributed by atoms with Gasteiger partial charge in [0, 0.05) is 0 Å². The fourth-order valence-corrected chi connectivity index (χ4v) is 1.86. The Morgan fingerprint density at radius 2 is 2.22 bits per heavy atom. The number of nitrogens with zero attached hydrogens (tertiary/aromatic N) is 1. The Balaban J connectivity index is 2.49. The third-order valence-corrected chi connectivity index (χ3v) is 2.62. The topological polar surface area (TPSA) is 47.1 Å². The zero-order chi connectivity index (χ0) is 13.0. The average Bonchev–Trinajstić information content (AvgIpc) is 2.81. The van der Waals surface area contributed by atoms with Crippen LogP contribution in [0.2, 0.25) is 0 Å². The molecule has 4 nitrogen and oxygen atoms in total. The smallest absolute Gasteiger partial charge is 0.173 e. The lowest BCUT2D eigenvalue weighted by molar-refractivity contribution is 0.343. The van der Waals surface area contributed by atoms with Gasteiger partial charge in [-0.05, 0) is 31.6 Å². The molecule has 0 saturated heterocycles. The molecule has 0 spiro atoms. The standard InChI is InChI=1S/C14H18N2O2/c1-4-7-12(17-3)14-15-10-8-6-9-11(18-5-2)13(10)16-14/h6-9H,4-5H2,1-3H3,(H,15,16)/b12-7-. The average molecular weight is 246 g/mol. The van der Waals surface area contributed by atoms with Gasteiger partial charge in [0.2, 0.25) is 0 Å². The van der Waals surface area contributed by atoms with Crippen molar-refractivity contribution in [1.29, 1.82) is 0 Å². The second kappa shape index (κ2) is 5.58. The van der Waals surface area contributed by atoms with E-state index in [2.05, 4.69) is 16.9 Å². The summed E-state index contributed by atoms with van der Waals surface area (Å²) in [6.07, 6.45) is 2.90. The highest BCUT2D eigenvalue weighted by Gasteiger charge is 2.11. The first-order valence-electron chi connectivity index (χ1n) is 6.16. The Hall–Kier alpha value is -1.97. The molecule has 0 bridgehead atoms. The van der Waals surface area contributed by atoms with Crippen LogP contribution in [-0.4, -0.2) is 23.7 Å². The third kappa shape index (κ3) is 2.32. The number of benzene rings is 1. The Bertz CT molecular complexity index is 558. The van der Waals surface area contributed by atoms with Gasteiger partial charge in [-0.1, -0.05) is 13.0 Å². The summed E-state index contributed by atoms with van der Waals surface area (Å²) in [5.74, 6) is 2.29. The van der Waals surface area contributed by atoms with Crippen molar-refractivity contribution < 1.29 is 9.47 Å². The van der Waals surface area contributed by atoms with Crippen molar-refractivity contribution in [3.05, 3.63) is 30.1 Å². The summed E-state index contributed by atoms with van der Waals surface area (Å²) in [4.78, 5) is 7.79. The summed E-state index contributed by atoms with van der Waals surface area (Å²) in [5, 5.41) is 0. The predicted octanol–water partition coefficient (Wildman–Crippen LogP) is 3.36. The number of imidazole rings is 1. The lowest BCUT2D eigenvalue weighted by Crippen LogP contribution is -1.92. The maximum Gasteiger partial charge on any atom is 0.173 e. The van der Waals surface area contributed by atoms with Gasteiger partial charge in [-0.15, -0.1) is 0 Å². The van der Waals surface area contributed by atoms with Crippen LogP contribution in [0.1, 0.15) is 26.1 Å². The Morgan fingerprint density at radius 1 is 1.39 bits per heavy atom. The molecule has 0 unspecified atom stereocenters. The minimum Gasteiger partial charge on any atom is -0.493 e. The molecule has 18 heavy (non-hydrogen) atoms. The molecule has 0 fully saturated rings. The molecule has 1 heterocycles. The highest BCUT2D eigenvalue weighted by molar-refractivity contribution is 5.83. The van der Waals surface area contributed by atoms with Gasteiger partial charge in [-0.25, -0.2) is 4.98 Å². The second-order valence-electron chi connectivity index (χ2n) is 3.85. The van der Waals surface area contributed by atoms with Crippen LogP contribution in [0.4, 0.5) is 0 Å². The zero-order valence-corrected chi connectivity index (χ0v) is 11.0. The SMILES string of the molecule is CC/C=C(\OC)c1nc2c(OCC)cccc2[nH]1. The van der Waals surface area contributed by atoms with E-state index in [-0.39, 0.29) is 0 Å². The highest BCUT2D eigenvalue weighted by atomic mass is 16.5. The van der Waals surface area contributed by atoms with Crippen molar-refractivity contribution in [2.45, 2.75) is 20.3 Å². The first-order chi connectivity index (χ1) is 8.80. The van der Waals surface area contributed by atoms with E-state index >= 15 is 0 Å². The van der Waals surface area contributed by atoms with Crippen molar-refractivity contribution in [3.8, 4) is 5.75 Å². The largest absolute Gasteiger partial charge is 0.493 e. The van der Waals surface area contributed by atoms with Gasteiger partial charge >= 0.3 is 0 Å². The maximum atomic E-state index is 5.56. The number of hydrogen-bond donors (Lipinski definition) is 1. The summed E-state index contributed by atoms with van der Waals surface area (Å²) in [7, 11) is 1.65. The van der Waals surface area contributed by atoms with Crippen LogP contribution in [-0.2, 0) is 4.74 Å². The summed E-state index contributed by atoms with van der Waals surface area (Å²) in [6.45, 7) is 4.65. The van der Waals surface area contributed by atoms with Gasteiger partial charge in [0.1, 0.15) is 11.3 Å². The molecule has 1 aromatic carbocycles. The van der Waals surface area contributed by atoms with Crippen LogP contribution in [0.5, 0.6) is 5.75 Å². The molecule has 0 aliphatic heterocycles. The van der Waals surface area contributed by atoms with E-state index in [1.54, 1.807) is 7.11 Å². The van der Waals surface area contributed by atoms with Gasteiger partial charge in [0.05, 0.1) is 19.2 Å². The summed E-state index contributed by atoms with van der Waals surface area (Å²) < 4.78 is 10.9. The number of ether oxygens (including phenoxy) is 2. The van der Waals surface area contributed by atoms with E-state index in [0.717, 1.165) is 34.8 Å². The Kier molecular flexibility index (Phi) is 3.87. The quantitative estimate of drug-likeness (QED) is 0.823. The number of aromatic amines is 1. The monoisotopic (exact) mass is 246 g/mol. The molecule has 0 aliphatic rings.